The van der Waals surface area contributed by atoms with E-state index in [1.807, 2.05) is 54.0 Å². The maximum Gasteiger partial charge on any atom is 0.234 e. The lowest BCUT2D eigenvalue weighted by atomic mass is 10.2. The molecule has 27 heavy (non-hydrogen) atoms. The number of para-hydroxylation sites is 1. The molecular formula is C19H19ClN4O2S. The Hall–Kier alpha value is -2.51. The Balaban J connectivity index is 1.73. The summed E-state index contributed by atoms with van der Waals surface area (Å²) in [5.74, 6) is 1.49. The van der Waals surface area contributed by atoms with E-state index in [0.29, 0.717) is 28.3 Å². The highest BCUT2D eigenvalue weighted by Gasteiger charge is 2.17. The summed E-state index contributed by atoms with van der Waals surface area (Å²) in [5, 5.41) is 12.6. The topological polar surface area (TPSA) is 69.0 Å². The number of hydrogen-bond donors (Lipinski definition) is 1. The third kappa shape index (κ3) is 4.61. The van der Waals surface area contributed by atoms with Crippen LogP contribution in [0, 0.1) is 0 Å². The molecule has 0 aliphatic carbocycles. The van der Waals surface area contributed by atoms with Gasteiger partial charge in [0.2, 0.25) is 5.91 Å². The Bertz CT molecular complexity index is 931. The van der Waals surface area contributed by atoms with Gasteiger partial charge in [-0.15, -0.1) is 10.2 Å². The molecule has 0 bridgehead atoms. The van der Waals surface area contributed by atoms with Gasteiger partial charge in [0.1, 0.15) is 5.75 Å². The number of rotatable bonds is 7. The number of nitrogens with zero attached hydrogens (tertiary/aromatic N) is 3. The first kappa shape index (κ1) is 19.3. The van der Waals surface area contributed by atoms with E-state index in [2.05, 4.69) is 15.5 Å². The van der Waals surface area contributed by atoms with Crippen LogP contribution in [0.15, 0.2) is 53.7 Å². The quantitative estimate of drug-likeness (QED) is 0.594. The summed E-state index contributed by atoms with van der Waals surface area (Å²) in [5.41, 5.74) is 1.54. The number of carbonyl (C=O) groups is 1. The van der Waals surface area contributed by atoms with Crippen LogP contribution in [0.2, 0.25) is 5.02 Å². The zero-order valence-corrected chi connectivity index (χ0v) is 16.5. The summed E-state index contributed by atoms with van der Waals surface area (Å²) < 4.78 is 7.12. The first-order chi connectivity index (χ1) is 13.1. The first-order valence-electron chi connectivity index (χ1n) is 8.37. The molecule has 0 saturated carbocycles. The fraction of sp³-hybridized carbons (Fsp3) is 0.211. The minimum atomic E-state index is -0.0964. The van der Waals surface area contributed by atoms with Crippen LogP contribution in [0.4, 0.5) is 5.69 Å². The van der Waals surface area contributed by atoms with Crippen LogP contribution in [0.25, 0.3) is 11.4 Å². The van der Waals surface area contributed by atoms with Crippen LogP contribution in [-0.2, 0) is 11.3 Å². The molecule has 0 atom stereocenters. The molecule has 0 unspecified atom stereocenters. The summed E-state index contributed by atoms with van der Waals surface area (Å²) in [6.45, 7) is 2.66. The standard InChI is InChI=1S/C19H19ClN4O2S/c1-3-24-18(15-10-9-14(26-2)11-16(15)20)22-23-19(24)27-12-17(25)21-13-7-5-4-6-8-13/h4-11H,3,12H2,1-2H3,(H,21,25). The van der Waals surface area contributed by atoms with E-state index in [4.69, 9.17) is 16.3 Å². The van der Waals surface area contributed by atoms with Crippen molar-refractivity contribution in [1.82, 2.24) is 14.8 Å². The molecule has 3 aromatic rings. The number of thioether (sulfide) groups is 1. The number of amides is 1. The van der Waals surface area contributed by atoms with Gasteiger partial charge >= 0.3 is 0 Å². The van der Waals surface area contributed by atoms with Gasteiger partial charge in [-0.1, -0.05) is 41.6 Å². The van der Waals surface area contributed by atoms with Gasteiger partial charge < -0.3 is 14.6 Å². The van der Waals surface area contributed by atoms with Crippen LogP contribution in [-0.4, -0.2) is 33.5 Å². The molecule has 1 amide bonds. The molecule has 0 saturated heterocycles. The fourth-order valence-corrected chi connectivity index (χ4v) is 3.59. The average Bonchev–Trinajstić information content (AvgIpc) is 3.09. The molecular weight excluding hydrogens is 384 g/mol. The van der Waals surface area contributed by atoms with Crippen molar-refractivity contribution in [2.45, 2.75) is 18.6 Å². The van der Waals surface area contributed by atoms with Gasteiger partial charge in [0.15, 0.2) is 11.0 Å². The van der Waals surface area contributed by atoms with Crippen LogP contribution >= 0.6 is 23.4 Å². The van der Waals surface area contributed by atoms with Gasteiger partial charge in [-0.25, -0.2) is 0 Å². The highest BCUT2D eigenvalue weighted by molar-refractivity contribution is 7.99. The Labute approximate surface area is 166 Å². The van der Waals surface area contributed by atoms with Crippen molar-refractivity contribution >= 4 is 35.0 Å². The van der Waals surface area contributed by atoms with E-state index in [9.17, 15) is 4.79 Å². The number of benzene rings is 2. The summed E-state index contributed by atoms with van der Waals surface area (Å²) >= 11 is 7.70. The van der Waals surface area contributed by atoms with Crippen LogP contribution < -0.4 is 10.1 Å². The Morgan fingerprint density at radius 3 is 2.67 bits per heavy atom. The molecule has 1 aromatic heterocycles. The Morgan fingerprint density at radius 1 is 1.22 bits per heavy atom. The van der Waals surface area contributed by atoms with E-state index >= 15 is 0 Å². The van der Waals surface area contributed by atoms with Gasteiger partial charge in [0, 0.05) is 17.8 Å². The molecule has 8 heteroatoms. The van der Waals surface area contributed by atoms with E-state index in [-0.39, 0.29) is 11.7 Å². The van der Waals surface area contributed by atoms with E-state index in [0.717, 1.165) is 11.3 Å². The van der Waals surface area contributed by atoms with Crippen molar-refractivity contribution in [3.8, 4) is 17.1 Å². The van der Waals surface area contributed by atoms with Crippen molar-refractivity contribution in [3.05, 3.63) is 53.6 Å². The lowest BCUT2D eigenvalue weighted by molar-refractivity contribution is -0.113. The maximum absolute atomic E-state index is 12.2. The molecule has 0 aliphatic rings. The average molecular weight is 403 g/mol. The van der Waals surface area contributed by atoms with Gasteiger partial charge in [0.05, 0.1) is 17.9 Å². The minimum absolute atomic E-state index is 0.0964. The largest absolute Gasteiger partial charge is 0.497 e. The predicted molar refractivity (Wildman–Crippen MR) is 108 cm³/mol. The van der Waals surface area contributed by atoms with E-state index in [1.54, 1.807) is 13.2 Å². The highest BCUT2D eigenvalue weighted by Crippen LogP contribution is 2.32. The third-order valence-electron chi connectivity index (χ3n) is 3.84. The van der Waals surface area contributed by atoms with Crippen LogP contribution in [0.1, 0.15) is 6.92 Å². The van der Waals surface area contributed by atoms with Crippen molar-refractivity contribution in [3.63, 3.8) is 0 Å². The van der Waals surface area contributed by atoms with Gasteiger partial charge in [-0.2, -0.15) is 0 Å². The number of methoxy groups -OCH3 is 1. The maximum atomic E-state index is 12.2. The third-order valence-corrected chi connectivity index (χ3v) is 5.12. The number of anilines is 1. The van der Waals surface area contributed by atoms with Crippen molar-refractivity contribution < 1.29 is 9.53 Å². The molecule has 140 valence electrons. The summed E-state index contributed by atoms with van der Waals surface area (Å²) in [7, 11) is 1.59. The summed E-state index contributed by atoms with van der Waals surface area (Å²) in [6.07, 6.45) is 0. The van der Waals surface area contributed by atoms with Gasteiger partial charge in [0.25, 0.3) is 0 Å². The minimum Gasteiger partial charge on any atom is -0.497 e. The van der Waals surface area contributed by atoms with E-state index in [1.165, 1.54) is 11.8 Å². The lowest BCUT2D eigenvalue weighted by Crippen LogP contribution is -2.14. The summed E-state index contributed by atoms with van der Waals surface area (Å²) in [4.78, 5) is 12.2. The second kappa shape index (κ2) is 8.92. The zero-order valence-electron chi connectivity index (χ0n) is 15.0. The molecule has 0 spiro atoms. The molecule has 6 nitrogen and oxygen atoms in total. The normalized spacial score (nSPS) is 10.6. The first-order valence-corrected chi connectivity index (χ1v) is 9.73. The molecule has 1 N–H and O–H groups in total. The lowest BCUT2D eigenvalue weighted by Gasteiger charge is -2.09. The second-order valence-electron chi connectivity index (χ2n) is 5.60. The molecule has 0 aliphatic heterocycles. The fourth-order valence-electron chi connectivity index (χ4n) is 2.53. The van der Waals surface area contributed by atoms with Gasteiger partial charge in [-0.3, -0.25) is 4.79 Å². The number of hydrogen-bond acceptors (Lipinski definition) is 5. The molecule has 3 rings (SSSR count). The van der Waals surface area contributed by atoms with E-state index < -0.39 is 0 Å². The van der Waals surface area contributed by atoms with Gasteiger partial charge in [-0.05, 0) is 37.3 Å². The number of nitrogens with one attached hydrogen (secondary N) is 1. The van der Waals surface area contributed by atoms with Crippen LogP contribution in [0.5, 0.6) is 5.75 Å². The molecule has 2 aromatic carbocycles. The van der Waals surface area contributed by atoms with Crippen molar-refractivity contribution in [2.24, 2.45) is 0 Å². The van der Waals surface area contributed by atoms with Crippen LogP contribution in [0.3, 0.4) is 0 Å². The zero-order chi connectivity index (χ0) is 19.2. The Morgan fingerprint density at radius 2 is 2.00 bits per heavy atom. The number of halogens is 1. The highest BCUT2D eigenvalue weighted by atomic mass is 35.5. The predicted octanol–water partition coefficient (Wildman–Crippen LogP) is 4.36. The smallest absolute Gasteiger partial charge is 0.234 e. The number of ether oxygens (including phenoxy) is 1. The monoisotopic (exact) mass is 402 g/mol. The molecule has 0 fully saturated rings. The second-order valence-corrected chi connectivity index (χ2v) is 6.95. The Kier molecular flexibility index (Phi) is 6.36. The molecule has 1 heterocycles. The summed E-state index contributed by atoms with van der Waals surface area (Å²) in [6, 6.07) is 14.8. The van der Waals surface area contributed by atoms with Crippen molar-refractivity contribution in [1.29, 1.82) is 0 Å². The SMILES string of the molecule is CCn1c(SCC(=O)Nc2ccccc2)nnc1-c1ccc(OC)cc1Cl. The number of aromatic nitrogens is 3. The molecule has 0 radical (unpaired) electrons. The number of carbonyl (C=O) groups excluding carboxylic acids is 1. The van der Waals surface area contributed by atoms with Crippen molar-refractivity contribution in [2.75, 3.05) is 18.2 Å².